The molecule has 4 nitrogen and oxygen atoms in total. The van der Waals surface area contributed by atoms with Crippen LogP contribution < -0.4 is 5.32 Å². The van der Waals surface area contributed by atoms with Crippen LogP contribution >= 0.6 is 0 Å². The first-order valence-electron chi connectivity index (χ1n) is 6.56. The fraction of sp³-hybridized carbons (Fsp3) is 0.500. The Morgan fingerprint density at radius 1 is 1.26 bits per heavy atom. The van der Waals surface area contributed by atoms with Crippen LogP contribution in [0.3, 0.4) is 0 Å². The van der Waals surface area contributed by atoms with E-state index in [0.29, 0.717) is 45.8 Å². The topological polar surface area (TPSA) is 41.6 Å². The van der Waals surface area contributed by atoms with Crippen LogP contribution in [-0.2, 0) is 16.1 Å². The maximum absolute atomic E-state index is 12.7. The number of nitrogens with one attached hydrogen (secondary N) is 1. The van der Waals surface area contributed by atoms with Gasteiger partial charge in [-0.25, -0.2) is 4.39 Å². The van der Waals surface area contributed by atoms with E-state index in [9.17, 15) is 9.18 Å². The van der Waals surface area contributed by atoms with Crippen LogP contribution in [0.25, 0.3) is 0 Å². The number of benzene rings is 1. The Morgan fingerprint density at radius 3 is 2.63 bits per heavy atom. The summed E-state index contributed by atoms with van der Waals surface area (Å²) in [7, 11) is 0. The number of ether oxygens (including phenoxy) is 1. The van der Waals surface area contributed by atoms with Gasteiger partial charge in [-0.2, -0.15) is 0 Å². The van der Waals surface area contributed by atoms with Crippen molar-refractivity contribution in [3.63, 3.8) is 0 Å². The molecule has 1 N–H and O–H groups in total. The fourth-order valence-corrected chi connectivity index (χ4v) is 2.00. The van der Waals surface area contributed by atoms with E-state index in [-0.39, 0.29) is 11.7 Å². The van der Waals surface area contributed by atoms with E-state index in [1.807, 2.05) is 4.90 Å². The molecule has 2 rings (SSSR count). The van der Waals surface area contributed by atoms with Gasteiger partial charge in [0.15, 0.2) is 0 Å². The number of nitrogens with zero attached hydrogens (tertiary/aromatic N) is 1. The molecule has 1 aromatic rings. The normalized spacial score (nSPS) is 15.5. The average molecular weight is 266 g/mol. The van der Waals surface area contributed by atoms with Gasteiger partial charge in [0.2, 0.25) is 5.91 Å². The maximum atomic E-state index is 12.7. The molecule has 0 aromatic heterocycles. The fourth-order valence-electron chi connectivity index (χ4n) is 2.00. The van der Waals surface area contributed by atoms with Gasteiger partial charge in [0, 0.05) is 32.6 Å². The van der Waals surface area contributed by atoms with E-state index in [1.165, 1.54) is 12.1 Å². The Hall–Kier alpha value is -1.46. The van der Waals surface area contributed by atoms with Crippen LogP contribution in [0.4, 0.5) is 4.39 Å². The lowest BCUT2D eigenvalue weighted by Crippen LogP contribution is -2.41. The van der Waals surface area contributed by atoms with Crippen molar-refractivity contribution in [2.24, 2.45) is 0 Å². The van der Waals surface area contributed by atoms with Gasteiger partial charge in [0.1, 0.15) is 5.82 Å². The Bertz CT molecular complexity index is 402. The molecule has 0 bridgehead atoms. The molecule has 5 heteroatoms. The van der Waals surface area contributed by atoms with Crippen LogP contribution in [0.15, 0.2) is 24.3 Å². The van der Waals surface area contributed by atoms with Crippen molar-refractivity contribution < 1.29 is 13.9 Å². The highest BCUT2D eigenvalue weighted by Gasteiger charge is 2.15. The molecule has 104 valence electrons. The summed E-state index contributed by atoms with van der Waals surface area (Å²) in [6.45, 7) is 3.93. The lowest BCUT2D eigenvalue weighted by Gasteiger charge is -2.26. The molecule has 0 aliphatic carbocycles. The first kappa shape index (κ1) is 14.0. The zero-order valence-corrected chi connectivity index (χ0v) is 10.9. The largest absolute Gasteiger partial charge is 0.378 e. The van der Waals surface area contributed by atoms with Crippen molar-refractivity contribution in [1.29, 1.82) is 0 Å². The molecule has 0 atom stereocenters. The monoisotopic (exact) mass is 266 g/mol. The second-order valence-corrected chi connectivity index (χ2v) is 4.55. The number of hydrogen-bond acceptors (Lipinski definition) is 3. The van der Waals surface area contributed by atoms with Crippen molar-refractivity contribution in [2.75, 3.05) is 32.8 Å². The van der Waals surface area contributed by atoms with Gasteiger partial charge in [-0.05, 0) is 17.7 Å². The predicted octanol–water partition coefficient (Wildman–Crippen LogP) is 1.16. The summed E-state index contributed by atoms with van der Waals surface area (Å²) >= 11 is 0. The van der Waals surface area contributed by atoms with Crippen molar-refractivity contribution in [1.82, 2.24) is 10.2 Å². The summed E-state index contributed by atoms with van der Waals surface area (Å²) in [5, 5.41) is 3.19. The number of hydrogen-bond donors (Lipinski definition) is 1. The van der Waals surface area contributed by atoms with Gasteiger partial charge >= 0.3 is 0 Å². The second-order valence-electron chi connectivity index (χ2n) is 4.55. The average Bonchev–Trinajstić information content (AvgIpc) is 2.46. The summed E-state index contributed by atoms with van der Waals surface area (Å²) in [5.41, 5.74) is 1.01. The molecule has 1 heterocycles. The minimum atomic E-state index is -0.230. The van der Waals surface area contributed by atoms with Crippen molar-refractivity contribution in [3.8, 4) is 0 Å². The highest BCUT2D eigenvalue weighted by atomic mass is 19.1. The van der Waals surface area contributed by atoms with Crippen LogP contribution in [0, 0.1) is 5.82 Å². The highest BCUT2D eigenvalue weighted by Crippen LogP contribution is 2.03. The molecule has 0 radical (unpaired) electrons. The van der Waals surface area contributed by atoms with Crippen LogP contribution in [-0.4, -0.2) is 43.7 Å². The standard InChI is InChI=1S/C14H19FN2O2/c15-13-3-1-12(2-4-13)11-16-6-5-14(18)17-7-9-19-10-8-17/h1-4,16H,5-11H2. The number of morpholine rings is 1. The zero-order valence-electron chi connectivity index (χ0n) is 10.9. The lowest BCUT2D eigenvalue weighted by atomic mass is 10.2. The van der Waals surface area contributed by atoms with E-state index in [1.54, 1.807) is 12.1 Å². The predicted molar refractivity (Wildman–Crippen MR) is 70.1 cm³/mol. The summed E-state index contributed by atoms with van der Waals surface area (Å²) in [6.07, 6.45) is 0.487. The lowest BCUT2D eigenvalue weighted by molar-refractivity contribution is -0.135. The Morgan fingerprint density at radius 2 is 1.95 bits per heavy atom. The van der Waals surface area contributed by atoms with Gasteiger partial charge in [-0.15, -0.1) is 0 Å². The van der Waals surface area contributed by atoms with Gasteiger partial charge in [-0.3, -0.25) is 4.79 Å². The molecular formula is C14H19FN2O2. The molecule has 0 saturated carbocycles. The third-order valence-electron chi connectivity index (χ3n) is 3.12. The molecule has 0 unspecified atom stereocenters. The van der Waals surface area contributed by atoms with Crippen LogP contribution in [0.5, 0.6) is 0 Å². The molecule has 0 spiro atoms. The molecule has 19 heavy (non-hydrogen) atoms. The number of amides is 1. The second kappa shape index (κ2) is 7.21. The Labute approximate surface area is 112 Å². The van der Waals surface area contributed by atoms with Gasteiger partial charge < -0.3 is 15.0 Å². The van der Waals surface area contributed by atoms with E-state index >= 15 is 0 Å². The van der Waals surface area contributed by atoms with E-state index in [4.69, 9.17) is 4.74 Å². The van der Waals surface area contributed by atoms with Gasteiger partial charge in [-0.1, -0.05) is 12.1 Å². The molecular weight excluding hydrogens is 247 g/mol. The molecule has 1 amide bonds. The number of carbonyl (C=O) groups is 1. The van der Waals surface area contributed by atoms with E-state index in [0.717, 1.165) is 5.56 Å². The van der Waals surface area contributed by atoms with Crippen molar-refractivity contribution >= 4 is 5.91 Å². The number of carbonyl (C=O) groups excluding carboxylic acids is 1. The maximum Gasteiger partial charge on any atom is 0.224 e. The molecule has 1 fully saturated rings. The van der Waals surface area contributed by atoms with Crippen molar-refractivity contribution in [2.45, 2.75) is 13.0 Å². The highest BCUT2D eigenvalue weighted by molar-refractivity contribution is 5.76. The van der Waals surface area contributed by atoms with Crippen LogP contribution in [0.1, 0.15) is 12.0 Å². The number of halogens is 1. The van der Waals surface area contributed by atoms with Gasteiger partial charge in [0.25, 0.3) is 0 Å². The first-order chi connectivity index (χ1) is 9.25. The molecule has 1 saturated heterocycles. The number of rotatable bonds is 5. The minimum Gasteiger partial charge on any atom is -0.378 e. The van der Waals surface area contributed by atoms with Gasteiger partial charge in [0.05, 0.1) is 13.2 Å². The third kappa shape index (κ3) is 4.61. The van der Waals surface area contributed by atoms with E-state index < -0.39 is 0 Å². The third-order valence-corrected chi connectivity index (χ3v) is 3.12. The zero-order chi connectivity index (χ0) is 13.5. The van der Waals surface area contributed by atoms with E-state index in [2.05, 4.69) is 5.32 Å². The SMILES string of the molecule is O=C(CCNCc1ccc(F)cc1)N1CCOCC1. The summed E-state index contributed by atoms with van der Waals surface area (Å²) < 4.78 is 17.9. The molecule has 1 aliphatic heterocycles. The summed E-state index contributed by atoms with van der Waals surface area (Å²) in [5.74, 6) is -0.0684. The van der Waals surface area contributed by atoms with Crippen molar-refractivity contribution in [3.05, 3.63) is 35.6 Å². The molecule has 1 aromatic carbocycles. The quantitative estimate of drug-likeness (QED) is 0.813. The minimum absolute atomic E-state index is 0.162. The Balaban J connectivity index is 1.63. The first-order valence-corrected chi connectivity index (χ1v) is 6.56. The smallest absolute Gasteiger partial charge is 0.224 e. The summed E-state index contributed by atoms with van der Waals surface area (Å²) in [4.78, 5) is 13.7. The van der Waals surface area contributed by atoms with Crippen LogP contribution in [0.2, 0.25) is 0 Å². The molecule has 1 aliphatic rings. The summed E-state index contributed by atoms with van der Waals surface area (Å²) in [6, 6.07) is 6.37. The Kier molecular flexibility index (Phi) is 5.30.